The van der Waals surface area contributed by atoms with Crippen LogP contribution in [0.2, 0.25) is 0 Å². The van der Waals surface area contributed by atoms with Gasteiger partial charge in [0.1, 0.15) is 85.7 Å². The smallest absolute Gasteiger partial charge is 0.397 e. The van der Waals surface area contributed by atoms with E-state index in [0.29, 0.717) is 11.5 Å². The van der Waals surface area contributed by atoms with Crippen LogP contribution in [0.4, 0.5) is 17.6 Å². The summed E-state index contributed by atoms with van der Waals surface area (Å²) in [6.45, 7) is -0.891. The molecule has 12 rings (SSSR count). The maximum Gasteiger partial charge on any atom is 0.397 e. The third-order valence-corrected chi connectivity index (χ3v) is 19.6. The molecule has 0 bridgehead atoms. The Morgan fingerprint density at radius 1 is 0.633 bits per heavy atom. The van der Waals surface area contributed by atoms with E-state index in [0.717, 1.165) is 15.5 Å². The van der Waals surface area contributed by atoms with E-state index in [1.165, 1.54) is 61.1 Å². The number of para-hydroxylation sites is 2. The summed E-state index contributed by atoms with van der Waals surface area (Å²) in [5.74, 6) is -3.82. The Hall–Kier alpha value is -10.4. The van der Waals surface area contributed by atoms with Crippen molar-refractivity contribution in [3.05, 3.63) is 135 Å². The fourth-order valence-electron chi connectivity index (χ4n) is 11.8. The summed E-state index contributed by atoms with van der Waals surface area (Å²) in [6, 6.07) is 20.4. The summed E-state index contributed by atoms with van der Waals surface area (Å²) in [5.41, 5.74) is -1.96. The monoisotopic (exact) mass is 1570 g/mol. The lowest BCUT2D eigenvalue weighted by molar-refractivity contribution is -0.161. The number of ether oxygens (including phenoxy) is 8. The lowest BCUT2D eigenvalue weighted by Gasteiger charge is -2.22. The van der Waals surface area contributed by atoms with Gasteiger partial charge in [-0.25, -0.2) is 34.3 Å². The molecule has 0 spiro atoms. The quantitative estimate of drug-likeness (QED) is 0.0149. The number of carbonyl (C=O) groups excluding carboxylic acids is 5. The van der Waals surface area contributed by atoms with Crippen LogP contribution in [0.25, 0.3) is 22.3 Å². The van der Waals surface area contributed by atoms with Crippen molar-refractivity contribution in [3.63, 3.8) is 0 Å². The zero-order valence-corrected chi connectivity index (χ0v) is 60.7. The first-order chi connectivity index (χ1) is 52.7. The van der Waals surface area contributed by atoms with E-state index in [1.807, 2.05) is 6.07 Å². The Balaban J connectivity index is 0.782. The molecule has 4 aliphatic heterocycles. The zero-order valence-electron chi connectivity index (χ0n) is 57.7. The van der Waals surface area contributed by atoms with E-state index in [9.17, 15) is 62.4 Å². The number of fused-ring (bicyclic) bond motifs is 2. The molecule has 7 unspecified atom stereocenters. The predicted octanol–water partition coefficient (Wildman–Crippen LogP) is 2.24. The van der Waals surface area contributed by atoms with E-state index >= 15 is 0 Å². The van der Waals surface area contributed by atoms with Gasteiger partial charge in [-0.1, -0.05) is 36.4 Å². The number of amides is 4. The third kappa shape index (κ3) is 19.7. The molecule has 578 valence electrons. The van der Waals surface area contributed by atoms with Crippen molar-refractivity contribution < 1.29 is 108 Å². The Morgan fingerprint density at radius 2 is 1.17 bits per heavy atom. The maximum absolute atomic E-state index is 14.5. The molecule has 0 aliphatic carbocycles. The summed E-state index contributed by atoms with van der Waals surface area (Å²) in [6.07, 6.45) is -9.18. The number of anilines is 3. The van der Waals surface area contributed by atoms with E-state index < -0.39 is 178 Å². The van der Waals surface area contributed by atoms with Gasteiger partial charge in [-0.15, -0.1) is 0 Å². The number of nitriles is 1. The number of nitrogens with one attached hydrogen (secondary N) is 5. The number of hydrogen-bond acceptors (Lipinski definition) is 34. The highest BCUT2D eigenvalue weighted by atomic mass is 31.1. The molecule has 4 aliphatic rings. The molecule has 10 heterocycles. The maximum atomic E-state index is 14.5. The molecule has 4 saturated heterocycles. The summed E-state index contributed by atoms with van der Waals surface area (Å²) >= 11 is 0. The normalized spacial score (nSPS) is 23.2. The Labute approximate surface area is 615 Å². The SMILES string of the molecule is CNC(=O)C(=O)OC1C[C@H](n2cc(C)c(=O)[nH]c2=O)O[C@@H]1CO[PH](=O)OC1C[C@H](n2cnc3c(OCCC#N)nc(NC(=O)COc4ccccc4)nc32)O[C@@H]1CO[PH](=O)OC1C[C@H](n2cnc3c(NC(=O)COc4ccccc4)ncnc32)O[C@@H]1CO[PH](=O)OC1C[C@H](n2ccc(NC(C)=O)nc2=O)O[C@@H]1CO. The molecule has 0 radical (unpaired) electrons. The summed E-state index contributed by atoms with van der Waals surface area (Å²) < 4.78 is 130. The first kappa shape index (κ1) is 78.2. The number of hydrogen-bond donors (Lipinski definition) is 6. The van der Waals surface area contributed by atoms with Crippen LogP contribution in [0.5, 0.6) is 17.4 Å². The lowest BCUT2D eigenvalue weighted by atomic mass is 10.2. The molecule has 6 N–H and O–H groups in total. The fourth-order valence-corrected chi connectivity index (χ4v) is 14.3. The summed E-state index contributed by atoms with van der Waals surface area (Å²) in [5, 5.41) is 29.4. The van der Waals surface area contributed by atoms with Crippen molar-refractivity contribution in [1.82, 2.24) is 63.5 Å². The molecular weight excluding hydrogens is 1500 g/mol. The van der Waals surface area contributed by atoms with Gasteiger partial charge in [0, 0.05) is 57.6 Å². The first-order valence-electron chi connectivity index (χ1n) is 33.4. The third-order valence-electron chi connectivity index (χ3n) is 16.9. The Bertz CT molecular complexity index is 4930. The molecule has 109 heavy (non-hydrogen) atoms. The van der Waals surface area contributed by atoms with Gasteiger partial charge in [0.15, 0.2) is 41.4 Å². The fraction of sp³-hybridized carbons (Fsp3) is 0.429. The average molecular weight is 1570 g/mol. The molecule has 46 heteroatoms. The number of likely N-dealkylation sites (N-methyl/N-ethyl adjacent to an activating group) is 1. The molecule has 0 saturated carbocycles. The largest absolute Gasteiger partial charge is 0.484 e. The van der Waals surface area contributed by atoms with Crippen LogP contribution in [-0.4, -0.2) is 195 Å². The highest BCUT2D eigenvalue weighted by molar-refractivity contribution is 7.33. The predicted molar refractivity (Wildman–Crippen MR) is 371 cm³/mol. The summed E-state index contributed by atoms with van der Waals surface area (Å²) in [4.78, 5) is 134. The van der Waals surface area contributed by atoms with Gasteiger partial charge < -0.3 is 86.1 Å². The molecule has 6 aromatic heterocycles. The van der Waals surface area contributed by atoms with Crippen molar-refractivity contribution in [2.75, 3.05) is 69.2 Å². The zero-order chi connectivity index (χ0) is 76.8. The van der Waals surface area contributed by atoms with Gasteiger partial charge in [0.2, 0.25) is 17.7 Å². The molecule has 4 fully saturated rings. The second-order valence-corrected chi connectivity index (χ2v) is 27.3. The van der Waals surface area contributed by atoms with E-state index in [4.69, 9.17) is 65.0 Å². The van der Waals surface area contributed by atoms with Gasteiger partial charge in [-0.05, 0) is 37.3 Å². The minimum atomic E-state index is -3.77. The minimum absolute atomic E-state index is 0.00663. The molecular formula is C63H70N17O26P3. The second-order valence-electron chi connectivity index (χ2n) is 24.3. The number of rotatable bonds is 33. The van der Waals surface area contributed by atoms with Crippen molar-refractivity contribution in [3.8, 4) is 23.4 Å². The van der Waals surface area contributed by atoms with Crippen molar-refractivity contribution >= 4 is 94.3 Å². The number of benzene rings is 2. The van der Waals surface area contributed by atoms with Crippen LogP contribution in [-0.2, 0) is 88.5 Å². The number of H-pyrrole nitrogens is 1. The standard InChI is InChI=1S/C63H70N17O26P3/c1-33-23-78(63(89)75-57(33)85)49-19-37(103-60(87)58(86)65-3)42(100-49)25-96-108(91)106-40-22-51(80-32-69-53-56(80)74-61(76-59(53)93-18-10-16-64)73-47(84)29-95-36-13-8-5-9-14-36)102-44(40)27-98-109(92)105-39-21-50(79-31-68-52-54(66-30-67-55(52)79)72-46(83)28-94-35-11-6-4-7-12-35)101-43(39)26-97-107(90)104-38-20-48(99-41(38)24-81)77-17-15-45(70-34(2)82)71-62(77)88/h4-9,11-15,17,23,30-32,37-44,48-51,81,107-109H,10,18-22,24-29H2,1-3H3,(H,65,86)(H,75,85,89)(H,66,67,72,83)(H,70,71,82,88)(H,73,74,76,84)/t37?,38?,39?,40?,41-,42-,43-,44-,48-,49-,50-,51-/m1/s1. The Kier molecular flexibility index (Phi) is 26.0. The summed E-state index contributed by atoms with van der Waals surface area (Å²) in [7, 11) is -9.90. The average Bonchev–Trinajstić information content (AvgIpc) is 1.62. The molecule has 15 atom stereocenters. The van der Waals surface area contributed by atoms with Crippen LogP contribution in [0.3, 0.4) is 0 Å². The van der Waals surface area contributed by atoms with E-state index in [2.05, 4.69) is 61.1 Å². The number of aliphatic hydroxyl groups excluding tert-OH is 1. The van der Waals surface area contributed by atoms with Crippen LogP contribution in [0.15, 0.2) is 112 Å². The van der Waals surface area contributed by atoms with Gasteiger partial charge >= 0.3 is 48.0 Å². The van der Waals surface area contributed by atoms with Crippen LogP contribution >= 0.6 is 24.8 Å². The van der Waals surface area contributed by atoms with E-state index in [-0.39, 0.29) is 96.7 Å². The highest BCUT2D eigenvalue weighted by Gasteiger charge is 2.45. The van der Waals surface area contributed by atoms with Gasteiger partial charge in [-0.3, -0.25) is 66.2 Å². The van der Waals surface area contributed by atoms with Gasteiger partial charge in [0.05, 0.1) is 69.9 Å². The number of esters is 1. The first-order valence-corrected chi connectivity index (χ1v) is 37.1. The number of aryl methyl sites for hydroxylation is 1. The number of imidazole rings is 2. The number of aliphatic hydroxyl groups is 1. The van der Waals surface area contributed by atoms with Crippen molar-refractivity contribution in [1.29, 1.82) is 5.26 Å². The van der Waals surface area contributed by atoms with Crippen LogP contribution in [0, 0.1) is 18.3 Å². The molecule has 8 aromatic rings. The number of carbonyl (C=O) groups is 5. The minimum Gasteiger partial charge on any atom is -0.484 e. The van der Waals surface area contributed by atoms with Crippen molar-refractivity contribution in [2.45, 2.75) is 120 Å². The van der Waals surface area contributed by atoms with Crippen LogP contribution in [0.1, 0.15) is 69.5 Å². The van der Waals surface area contributed by atoms with Crippen LogP contribution < -0.4 is 52.4 Å². The van der Waals surface area contributed by atoms with Gasteiger partial charge in [0.25, 0.3) is 17.4 Å². The molecule has 4 amide bonds. The van der Waals surface area contributed by atoms with Gasteiger partial charge in [-0.2, -0.15) is 20.2 Å². The number of aromatic nitrogens is 12. The topological polar surface area (TPSA) is 535 Å². The Morgan fingerprint density at radius 3 is 1.73 bits per heavy atom. The molecule has 2 aromatic carbocycles. The van der Waals surface area contributed by atoms with E-state index in [1.54, 1.807) is 60.7 Å². The second kappa shape index (κ2) is 36.2. The highest BCUT2D eigenvalue weighted by Crippen LogP contribution is 2.45. The van der Waals surface area contributed by atoms with Crippen molar-refractivity contribution in [2.24, 2.45) is 0 Å². The molecule has 43 nitrogen and oxygen atoms in total. The number of nitrogens with zero attached hydrogens (tertiary/aromatic N) is 12. The lowest BCUT2D eigenvalue weighted by Crippen LogP contribution is -2.36. The number of aromatic amines is 1.